The molecule has 1 heterocycles. The molecule has 5 heteroatoms. The Kier molecular flexibility index (Phi) is 4.49. The topological polar surface area (TPSA) is 51.4 Å². The van der Waals surface area contributed by atoms with E-state index < -0.39 is 0 Å². The fraction of sp³-hybridized carbons (Fsp3) is 0.538. The molecule has 1 aromatic rings. The summed E-state index contributed by atoms with van der Waals surface area (Å²) in [4.78, 5) is 6.77. The van der Waals surface area contributed by atoms with Crippen LogP contribution in [0.1, 0.15) is 18.4 Å². The highest BCUT2D eigenvalue weighted by Crippen LogP contribution is 2.28. The van der Waals surface area contributed by atoms with Crippen LogP contribution in [0.15, 0.2) is 18.3 Å². The second-order valence-electron chi connectivity index (χ2n) is 4.71. The molecule has 0 aliphatic heterocycles. The number of thiocarbonyl (C=S) groups is 1. The molecular formula is C13H19N3OS. The van der Waals surface area contributed by atoms with Gasteiger partial charge in [-0.1, -0.05) is 12.2 Å². The van der Waals surface area contributed by atoms with E-state index in [9.17, 15) is 0 Å². The number of anilines is 1. The van der Waals surface area contributed by atoms with Crippen LogP contribution in [-0.4, -0.2) is 36.8 Å². The second-order valence-corrected chi connectivity index (χ2v) is 5.15. The van der Waals surface area contributed by atoms with Crippen molar-refractivity contribution >= 4 is 23.0 Å². The molecular weight excluding hydrogens is 246 g/mol. The van der Waals surface area contributed by atoms with Gasteiger partial charge in [0.25, 0.3) is 0 Å². The minimum Gasteiger partial charge on any atom is -0.389 e. The molecule has 0 unspecified atom stereocenters. The van der Waals surface area contributed by atoms with E-state index in [1.165, 1.54) is 12.8 Å². The average Bonchev–Trinajstić information content (AvgIpc) is 3.18. The number of hydrogen-bond donors (Lipinski definition) is 1. The van der Waals surface area contributed by atoms with Gasteiger partial charge in [-0.25, -0.2) is 4.98 Å². The molecule has 0 atom stereocenters. The summed E-state index contributed by atoms with van der Waals surface area (Å²) in [5.41, 5.74) is 6.33. The summed E-state index contributed by atoms with van der Waals surface area (Å²) in [5.74, 6) is 1.73. The maximum atomic E-state index is 5.60. The maximum Gasteiger partial charge on any atom is 0.128 e. The maximum absolute atomic E-state index is 5.60. The Bertz CT molecular complexity index is 403. The molecule has 2 rings (SSSR count). The second kappa shape index (κ2) is 6.11. The van der Waals surface area contributed by atoms with Gasteiger partial charge in [0.2, 0.25) is 0 Å². The van der Waals surface area contributed by atoms with Crippen LogP contribution in [0.25, 0.3) is 0 Å². The Morgan fingerprint density at radius 2 is 2.33 bits per heavy atom. The third-order valence-corrected chi connectivity index (χ3v) is 3.28. The fourth-order valence-corrected chi connectivity index (χ4v) is 1.73. The first-order valence-electron chi connectivity index (χ1n) is 6.21. The lowest BCUT2D eigenvalue weighted by Crippen LogP contribution is -2.24. The van der Waals surface area contributed by atoms with Gasteiger partial charge in [-0.05, 0) is 30.9 Å². The van der Waals surface area contributed by atoms with Crippen LogP contribution in [0.2, 0.25) is 0 Å². The summed E-state index contributed by atoms with van der Waals surface area (Å²) >= 11 is 4.89. The molecule has 0 aromatic carbocycles. The highest BCUT2D eigenvalue weighted by Gasteiger charge is 2.20. The Hall–Kier alpha value is -1.20. The van der Waals surface area contributed by atoms with Crippen molar-refractivity contribution in [2.75, 3.05) is 31.7 Å². The average molecular weight is 265 g/mol. The third kappa shape index (κ3) is 3.92. The van der Waals surface area contributed by atoms with Gasteiger partial charge in [-0.2, -0.15) is 0 Å². The van der Waals surface area contributed by atoms with Gasteiger partial charge in [0.05, 0.1) is 6.61 Å². The van der Waals surface area contributed by atoms with Gasteiger partial charge in [0.15, 0.2) is 0 Å². The highest BCUT2D eigenvalue weighted by atomic mass is 32.1. The number of ether oxygens (including phenoxy) is 1. The summed E-state index contributed by atoms with van der Waals surface area (Å²) in [6.45, 7) is 2.49. The first-order valence-corrected chi connectivity index (χ1v) is 6.62. The van der Waals surface area contributed by atoms with E-state index in [-0.39, 0.29) is 0 Å². The first kappa shape index (κ1) is 13.2. The van der Waals surface area contributed by atoms with Gasteiger partial charge in [-0.3, -0.25) is 0 Å². The van der Waals surface area contributed by atoms with E-state index >= 15 is 0 Å². The summed E-state index contributed by atoms with van der Waals surface area (Å²) in [6.07, 6.45) is 4.37. The Morgan fingerprint density at radius 3 is 2.89 bits per heavy atom. The monoisotopic (exact) mass is 265 g/mol. The highest BCUT2D eigenvalue weighted by molar-refractivity contribution is 7.80. The van der Waals surface area contributed by atoms with Crippen LogP contribution in [0.4, 0.5) is 5.82 Å². The van der Waals surface area contributed by atoms with E-state index in [4.69, 9.17) is 22.7 Å². The van der Waals surface area contributed by atoms with Gasteiger partial charge in [0.1, 0.15) is 10.8 Å². The molecule has 2 N–H and O–H groups in total. The van der Waals surface area contributed by atoms with Crippen molar-refractivity contribution < 1.29 is 4.74 Å². The first-order chi connectivity index (χ1) is 8.66. The number of nitrogens with two attached hydrogens (primary N) is 1. The van der Waals surface area contributed by atoms with E-state index in [0.717, 1.165) is 37.1 Å². The minimum atomic E-state index is 0.379. The molecule has 1 fully saturated rings. The lowest BCUT2D eigenvalue weighted by atomic mass is 10.3. The van der Waals surface area contributed by atoms with Crippen LogP contribution in [0, 0.1) is 5.92 Å². The van der Waals surface area contributed by atoms with Gasteiger partial charge in [-0.15, -0.1) is 0 Å². The van der Waals surface area contributed by atoms with Crippen molar-refractivity contribution in [2.24, 2.45) is 11.7 Å². The SMILES string of the molecule is CN(CCOCC1CC1)c1ccc(C(N)=S)cn1. The van der Waals surface area contributed by atoms with Crippen molar-refractivity contribution in [1.82, 2.24) is 4.98 Å². The zero-order valence-electron chi connectivity index (χ0n) is 10.6. The summed E-state index contributed by atoms with van der Waals surface area (Å²) in [5, 5.41) is 0. The molecule has 0 spiro atoms. The van der Waals surface area contributed by atoms with Crippen molar-refractivity contribution in [2.45, 2.75) is 12.8 Å². The Morgan fingerprint density at radius 1 is 1.56 bits per heavy atom. The Balaban J connectivity index is 1.76. The van der Waals surface area contributed by atoms with E-state index in [2.05, 4.69) is 9.88 Å². The lowest BCUT2D eigenvalue weighted by molar-refractivity contribution is 0.131. The number of aromatic nitrogens is 1. The van der Waals surface area contributed by atoms with Crippen LogP contribution in [0.3, 0.4) is 0 Å². The molecule has 1 saturated carbocycles. The molecule has 1 aliphatic carbocycles. The molecule has 98 valence electrons. The van der Waals surface area contributed by atoms with Gasteiger partial charge < -0.3 is 15.4 Å². The number of likely N-dealkylation sites (N-methyl/N-ethyl adjacent to an activating group) is 1. The van der Waals surface area contributed by atoms with Crippen molar-refractivity contribution in [3.63, 3.8) is 0 Å². The zero-order chi connectivity index (χ0) is 13.0. The van der Waals surface area contributed by atoms with Crippen LogP contribution < -0.4 is 10.6 Å². The van der Waals surface area contributed by atoms with Crippen molar-refractivity contribution in [3.05, 3.63) is 23.9 Å². The largest absolute Gasteiger partial charge is 0.389 e. The number of hydrogen-bond acceptors (Lipinski definition) is 4. The fourth-order valence-electron chi connectivity index (χ4n) is 1.61. The van der Waals surface area contributed by atoms with E-state index in [1.54, 1.807) is 6.20 Å². The quantitative estimate of drug-likeness (QED) is 0.599. The predicted molar refractivity (Wildman–Crippen MR) is 76.9 cm³/mol. The number of nitrogens with zero attached hydrogens (tertiary/aromatic N) is 2. The number of pyridine rings is 1. The number of rotatable bonds is 7. The molecule has 1 aromatic heterocycles. The third-order valence-electron chi connectivity index (χ3n) is 3.04. The normalized spacial score (nSPS) is 14.5. The van der Waals surface area contributed by atoms with Crippen LogP contribution in [-0.2, 0) is 4.74 Å². The van der Waals surface area contributed by atoms with Crippen LogP contribution in [0.5, 0.6) is 0 Å². The van der Waals surface area contributed by atoms with Crippen molar-refractivity contribution in [1.29, 1.82) is 0 Å². The van der Waals surface area contributed by atoms with Gasteiger partial charge in [0, 0.05) is 32.0 Å². The smallest absolute Gasteiger partial charge is 0.128 e. The standard InChI is InChI=1S/C13H19N3OS/c1-16(6-7-17-9-10-2-3-10)12-5-4-11(8-15-12)13(14)18/h4-5,8,10H,2-3,6-7,9H2,1H3,(H2,14,18). The van der Waals surface area contributed by atoms with Gasteiger partial charge >= 0.3 is 0 Å². The molecule has 0 saturated heterocycles. The summed E-state index contributed by atoms with van der Waals surface area (Å²) in [6, 6.07) is 3.82. The lowest BCUT2D eigenvalue weighted by Gasteiger charge is -2.18. The van der Waals surface area contributed by atoms with E-state index in [0.29, 0.717) is 4.99 Å². The minimum absolute atomic E-state index is 0.379. The molecule has 0 amide bonds. The summed E-state index contributed by atoms with van der Waals surface area (Å²) < 4.78 is 5.60. The molecule has 4 nitrogen and oxygen atoms in total. The Labute approximate surface area is 113 Å². The van der Waals surface area contributed by atoms with Crippen molar-refractivity contribution in [3.8, 4) is 0 Å². The molecule has 0 bridgehead atoms. The molecule has 0 radical (unpaired) electrons. The predicted octanol–water partition coefficient (Wildman–Crippen LogP) is 1.58. The van der Waals surface area contributed by atoms with Crippen LogP contribution >= 0.6 is 12.2 Å². The molecule has 1 aliphatic rings. The summed E-state index contributed by atoms with van der Waals surface area (Å²) in [7, 11) is 2.00. The molecule has 18 heavy (non-hydrogen) atoms. The van der Waals surface area contributed by atoms with E-state index in [1.807, 2.05) is 19.2 Å². The zero-order valence-corrected chi connectivity index (χ0v) is 11.4.